The summed E-state index contributed by atoms with van der Waals surface area (Å²) in [6.45, 7) is 0.573. The Morgan fingerprint density at radius 2 is 1.87 bits per heavy atom. The van der Waals surface area contributed by atoms with Crippen molar-refractivity contribution in [2.24, 2.45) is 5.92 Å². The number of alkyl halides is 1. The van der Waals surface area contributed by atoms with Gasteiger partial charge in [-0.05, 0) is 12.3 Å². The molecule has 1 saturated carbocycles. The summed E-state index contributed by atoms with van der Waals surface area (Å²) in [6, 6.07) is 0. The summed E-state index contributed by atoms with van der Waals surface area (Å²) < 4.78 is 25.1. The molecule has 1 N–H and O–H groups in total. The third kappa shape index (κ3) is 5.73. The van der Waals surface area contributed by atoms with E-state index in [2.05, 4.69) is 4.72 Å². The van der Waals surface area contributed by atoms with Gasteiger partial charge in [-0.3, -0.25) is 0 Å². The first-order valence-corrected chi connectivity index (χ1v) is 7.86. The van der Waals surface area contributed by atoms with Gasteiger partial charge in [-0.1, -0.05) is 32.1 Å². The molecule has 0 saturated heterocycles. The fourth-order valence-electron chi connectivity index (χ4n) is 2.07. The predicted molar refractivity (Wildman–Crippen MR) is 63.7 cm³/mol. The van der Waals surface area contributed by atoms with Gasteiger partial charge >= 0.3 is 0 Å². The van der Waals surface area contributed by atoms with Gasteiger partial charge in [0.15, 0.2) is 0 Å². The van der Waals surface area contributed by atoms with Crippen LogP contribution in [0.1, 0.15) is 38.5 Å². The molecule has 0 unspecified atom stereocenters. The van der Waals surface area contributed by atoms with E-state index in [1.54, 1.807) is 0 Å². The smallest absolute Gasteiger partial charge is 0.212 e. The van der Waals surface area contributed by atoms with Gasteiger partial charge in [0.05, 0.1) is 5.75 Å². The molecule has 3 nitrogen and oxygen atoms in total. The fraction of sp³-hybridized carbons (Fsp3) is 1.00. The van der Waals surface area contributed by atoms with Crippen molar-refractivity contribution in [2.75, 3.05) is 18.2 Å². The Morgan fingerprint density at radius 1 is 1.20 bits per heavy atom. The number of halogens is 1. The Labute approximate surface area is 97.6 Å². The molecule has 0 amide bonds. The number of sulfonamides is 1. The van der Waals surface area contributed by atoms with Crippen molar-refractivity contribution in [1.29, 1.82) is 0 Å². The zero-order chi connectivity index (χ0) is 11.1. The molecule has 0 aliphatic heterocycles. The molecule has 0 radical (unpaired) electrons. The number of rotatable bonds is 6. The van der Waals surface area contributed by atoms with Gasteiger partial charge in [0.2, 0.25) is 10.0 Å². The van der Waals surface area contributed by atoms with Crippen LogP contribution in [0.3, 0.4) is 0 Å². The van der Waals surface area contributed by atoms with E-state index in [1.165, 1.54) is 32.1 Å². The molecule has 0 aromatic heterocycles. The van der Waals surface area contributed by atoms with Gasteiger partial charge in [0.25, 0.3) is 0 Å². The van der Waals surface area contributed by atoms with Crippen LogP contribution in [-0.2, 0) is 10.0 Å². The minimum atomic E-state index is -3.11. The van der Waals surface area contributed by atoms with Crippen LogP contribution in [0.5, 0.6) is 0 Å². The molecule has 5 heteroatoms. The van der Waals surface area contributed by atoms with Crippen molar-refractivity contribution in [3.05, 3.63) is 0 Å². The molecule has 0 bridgehead atoms. The summed E-state index contributed by atoms with van der Waals surface area (Å²) in [5.41, 5.74) is 0. The first kappa shape index (κ1) is 13.3. The van der Waals surface area contributed by atoms with E-state index >= 15 is 0 Å². The summed E-state index contributed by atoms with van der Waals surface area (Å²) in [5, 5.41) is 0. The van der Waals surface area contributed by atoms with Gasteiger partial charge in [-0.25, -0.2) is 13.1 Å². The molecule has 15 heavy (non-hydrogen) atoms. The van der Waals surface area contributed by atoms with E-state index in [4.69, 9.17) is 11.6 Å². The molecule has 1 fully saturated rings. The first-order valence-electron chi connectivity index (χ1n) is 5.67. The lowest BCUT2D eigenvalue weighted by atomic mass is 9.87. The van der Waals surface area contributed by atoms with Crippen LogP contribution in [0.25, 0.3) is 0 Å². The van der Waals surface area contributed by atoms with E-state index in [9.17, 15) is 8.42 Å². The Morgan fingerprint density at radius 3 is 2.47 bits per heavy atom. The normalized spacial score (nSPS) is 19.3. The highest BCUT2D eigenvalue weighted by atomic mass is 35.5. The highest BCUT2D eigenvalue weighted by Crippen LogP contribution is 2.25. The summed E-state index contributed by atoms with van der Waals surface area (Å²) >= 11 is 5.39. The minimum Gasteiger partial charge on any atom is -0.215 e. The maximum absolute atomic E-state index is 11.3. The molecule has 0 spiro atoms. The summed E-state index contributed by atoms with van der Waals surface area (Å²) in [5.74, 6) is 0.912. The lowest BCUT2D eigenvalue weighted by Gasteiger charge is -2.21. The van der Waals surface area contributed by atoms with Gasteiger partial charge in [-0.15, -0.1) is 11.6 Å². The van der Waals surface area contributed by atoms with Crippen molar-refractivity contribution in [1.82, 2.24) is 4.72 Å². The Kier molecular flexibility index (Phi) is 5.94. The fourth-order valence-corrected chi connectivity index (χ4v) is 3.45. The zero-order valence-corrected chi connectivity index (χ0v) is 10.6. The van der Waals surface area contributed by atoms with Crippen LogP contribution in [0, 0.1) is 5.92 Å². The van der Waals surface area contributed by atoms with Gasteiger partial charge < -0.3 is 0 Å². The quantitative estimate of drug-likeness (QED) is 0.737. The monoisotopic (exact) mass is 253 g/mol. The Bertz CT molecular complexity index is 261. The van der Waals surface area contributed by atoms with Crippen LogP contribution in [-0.4, -0.2) is 26.6 Å². The summed E-state index contributed by atoms with van der Waals surface area (Å²) in [6.07, 6.45) is 7.45. The topological polar surface area (TPSA) is 46.2 Å². The molecule has 0 atom stereocenters. The van der Waals surface area contributed by atoms with Crippen molar-refractivity contribution in [3.8, 4) is 0 Å². The van der Waals surface area contributed by atoms with Gasteiger partial charge in [-0.2, -0.15) is 0 Å². The molecule has 1 rings (SSSR count). The van der Waals surface area contributed by atoms with Gasteiger partial charge in [0.1, 0.15) is 0 Å². The average Bonchev–Trinajstić information content (AvgIpc) is 2.19. The maximum Gasteiger partial charge on any atom is 0.212 e. The van der Waals surface area contributed by atoms with Crippen LogP contribution in [0.4, 0.5) is 0 Å². The third-order valence-electron chi connectivity index (χ3n) is 2.95. The zero-order valence-electron chi connectivity index (χ0n) is 9.04. The van der Waals surface area contributed by atoms with Crippen LogP contribution < -0.4 is 4.72 Å². The molecule has 90 valence electrons. The van der Waals surface area contributed by atoms with E-state index in [-0.39, 0.29) is 11.6 Å². The predicted octanol–water partition coefficient (Wildman–Crippen LogP) is 2.12. The van der Waals surface area contributed by atoms with Crippen molar-refractivity contribution >= 4 is 21.6 Å². The molecular weight excluding hydrogens is 234 g/mol. The van der Waals surface area contributed by atoms with Crippen LogP contribution in [0.15, 0.2) is 0 Å². The number of hydrogen-bond donors (Lipinski definition) is 1. The maximum atomic E-state index is 11.3. The highest BCUT2D eigenvalue weighted by Gasteiger charge is 2.14. The van der Waals surface area contributed by atoms with E-state index < -0.39 is 10.0 Å². The molecular formula is C10H20ClNO2S. The van der Waals surface area contributed by atoms with Crippen molar-refractivity contribution in [2.45, 2.75) is 38.5 Å². The summed E-state index contributed by atoms with van der Waals surface area (Å²) in [7, 11) is -3.11. The Balaban J connectivity index is 2.14. The lowest BCUT2D eigenvalue weighted by Crippen LogP contribution is -2.29. The largest absolute Gasteiger partial charge is 0.215 e. The molecule has 0 heterocycles. The second-order valence-electron chi connectivity index (χ2n) is 4.19. The standard InChI is InChI=1S/C10H20ClNO2S/c11-7-9-15(13,14)12-8-6-10-4-2-1-3-5-10/h10,12H,1-9H2. The summed E-state index contributed by atoms with van der Waals surface area (Å²) in [4.78, 5) is 0. The number of nitrogens with one attached hydrogen (secondary N) is 1. The van der Waals surface area contributed by atoms with Crippen LogP contribution >= 0.6 is 11.6 Å². The van der Waals surface area contributed by atoms with E-state index in [0.29, 0.717) is 6.54 Å². The molecule has 0 aromatic carbocycles. The number of hydrogen-bond acceptors (Lipinski definition) is 2. The van der Waals surface area contributed by atoms with Crippen molar-refractivity contribution in [3.63, 3.8) is 0 Å². The van der Waals surface area contributed by atoms with Crippen LogP contribution in [0.2, 0.25) is 0 Å². The minimum absolute atomic E-state index is 0.0270. The Hall–Kier alpha value is 0.200. The average molecular weight is 254 g/mol. The molecule has 1 aliphatic carbocycles. The SMILES string of the molecule is O=S(=O)(CCCl)NCCC1CCCCC1. The first-order chi connectivity index (χ1) is 7.14. The van der Waals surface area contributed by atoms with E-state index in [1.807, 2.05) is 0 Å². The van der Waals surface area contributed by atoms with Crippen molar-refractivity contribution < 1.29 is 8.42 Å². The van der Waals surface area contributed by atoms with Gasteiger partial charge in [0, 0.05) is 12.4 Å². The third-order valence-corrected chi connectivity index (χ3v) is 4.74. The second-order valence-corrected chi connectivity index (χ2v) is 6.50. The second kappa shape index (κ2) is 6.71. The highest BCUT2D eigenvalue weighted by molar-refractivity contribution is 7.89. The molecule has 1 aliphatic rings. The molecule has 0 aromatic rings. The van der Waals surface area contributed by atoms with E-state index in [0.717, 1.165) is 12.3 Å². The lowest BCUT2D eigenvalue weighted by molar-refractivity contribution is 0.340.